The molecule has 1 amide bonds. The number of nitrogen functional groups attached to an aromatic ring is 1. The predicted octanol–water partition coefficient (Wildman–Crippen LogP) is 1.45. The van der Waals surface area contributed by atoms with Crippen molar-refractivity contribution in [2.24, 2.45) is 5.14 Å². The van der Waals surface area contributed by atoms with Gasteiger partial charge in [0.2, 0.25) is 10.0 Å². The number of nitrogens with one attached hydrogen (secondary N) is 1. The molecule has 0 aromatic heterocycles. The van der Waals surface area contributed by atoms with Crippen LogP contribution in [-0.4, -0.2) is 32.2 Å². The van der Waals surface area contributed by atoms with Crippen LogP contribution in [0, 0.1) is 0 Å². The molecule has 1 atom stereocenters. The summed E-state index contributed by atoms with van der Waals surface area (Å²) in [4.78, 5) is 36.0. The quantitative estimate of drug-likeness (QED) is 0.332. The van der Waals surface area contributed by atoms with Crippen molar-refractivity contribution >= 4 is 39.1 Å². The van der Waals surface area contributed by atoms with E-state index in [2.05, 4.69) is 5.32 Å². The fourth-order valence-corrected chi connectivity index (χ4v) is 2.83. The normalized spacial score (nSPS) is 12.1. The number of rotatable bonds is 8. The van der Waals surface area contributed by atoms with E-state index in [1.165, 1.54) is 31.2 Å². The molecule has 0 heterocycles. The van der Waals surface area contributed by atoms with Crippen molar-refractivity contribution in [3.05, 3.63) is 54.1 Å². The lowest BCUT2D eigenvalue weighted by molar-refractivity contribution is -0.153. The second kappa shape index (κ2) is 9.30. The Morgan fingerprint density at radius 2 is 1.59 bits per heavy atom. The first-order chi connectivity index (χ1) is 13.6. The molecule has 1 unspecified atom stereocenters. The Hall–Kier alpha value is -3.24. The fraction of sp³-hybridized carbons (Fsp3) is 0.211. The topological polar surface area (TPSA) is 159 Å². The highest BCUT2D eigenvalue weighted by molar-refractivity contribution is 7.89. The second-order valence-electron chi connectivity index (χ2n) is 6.24. The number of anilines is 2. The van der Waals surface area contributed by atoms with Crippen LogP contribution in [0.5, 0.6) is 0 Å². The number of ether oxygens (including phenoxy) is 1. The Morgan fingerprint density at radius 3 is 2.14 bits per heavy atom. The van der Waals surface area contributed by atoms with Crippen molar-refractivity contribution in [1.29, 1.82) is 0 Å². The highest BCUT2D eigenvalue weighted by atomic mass is 32.2. The summed E-state index contributed by atoms with van der Waals surface area (Å²) >= 11 is 0. The molecule has 0 radical (unpaired) electrons. The van der Waals surface area contributed by atoms with E-state index >= 15 is 0 Å². The number of ketones is 1. The van der Waals surface area contributed by atoms with E-state index in [-0.39, 0.29) is 23.5 Å². The molecule has 0 aliphatic carbocycles. The zero-order valence-electron chi connectivity index (χ0n) is 15.6. The molecule has 0 spiro atoms. The maximum Gasteiger partial charge on any atom is 0.307 e. The van der Waals surface area contributed by atoms with Crippen LogP contribution in [-0.2, 0) is 24.3 Å². The van der Waals surface area contributed by atoms with E-state index in [1.54, 1.807) is 24.3 Å². The van der Waals surface area contributed by atoms with Crippen LogP contribution in [0.25, 0.3) is 0 Å². The molecule has 9 nitrogen and oxygen atoms in total. The largest absolute Gasteiger partial charge is 0.453 e. The van der Waals surface area contributed by atoms with Gasteiger partial charge in [-0.2, -0.15) is 0 Å². The van der Waals surface area contributed by atoms with Crippen molar-refractivity contribution in [3.63, 3.8) is 0 Å². The van der Waals surface area contributed by atoms with E-state index in [0.29, 0.717) is 16.9 Å². The van der Waals surface area contributed by atoms with Gasteiger partial charge in [-0.15, -0.1) is 0 Å². The average molecular weight is 419 g/mol. The summed E-state index contributed by atoms with van der Waals surface area (Å²) in [6.45, 7) is 1.38. The van der Waals surface area contributed by atoms with Crippen LogP contribution >= 0.6 is 0 Å². The minimum absolute atomic E-state index is 0.0634. The summed E-state index contributed by atoms with van der Waals surface area (Å²) in [5.41, 5.74) is 6.83. The third-order valence-electron chi connectivity index (χ3n) is 3.92. The van der Waals surface area contributed by atoms with Gasteiger partial charge in [-0.1, -0.05) is 0 Å². The number of esters is 1. The molecule has 0 fully saturated rings. The van der Waals surface area contributed by atoms with Crippen molar-refractivity contribution in [3.8, 4) is 0 Å². The molecular formula is C19H21N3O6S. The third kappa shape index (κ3) is 6.70. The molecule has 0 aliphatic heterocycles. The highest BCUT2D eigenvalue weighted by Crippen LogP contribution is 2.14. The Balaban J connectivity index is 1.83. The molecule has 10 heteroatoms. The first-order valence-corrected chi connectivity index (χ1v) is 10.1. The maximum absolute atomic E-state index is 12.1. The number of hydrogen-bond donors (Lipinski definition) is 3. The summed E-state index contributed by atoms with van der Waals surface area (Å²) in [5, 5.41) is 7.49. The van der Waals surface area contributed by atoms with E-state index in [9.17, 15) is 22.8 Å². The first-order valence-electron chi connectivity index (χ1n) is 8.58. The molecule has 0 aliphatic rings. The molecule has 0 saturated carbocycles. The van der Waals surface area contributed by atoms with Gasteiger partial charge in [0.1, 0.15) is 0 Å². The van der Waals surface area contributed by atoms with Crippen molar-refractivity contribution in [2.75, 3.05) is 11.1 Å². The second-order valence-corrected chi connectivity index (χ2v) is 7.80. The van der Waals surface area contributed by atoms with Gasteiger partial charge in [0.25, 0.3) is 5.91 Å². The molecule has 2 rings (SSSR count). The van der Waals surface area contributed by atoms with Crippen molar-refractivity contribution in [1.82, 2.24) is 0 Å². The number of amides is 1. The molecule has 5 N–H and O–H groups in total. The number of carbonyl (C=O) groups excluding carboxylic acids is 3. The number of carbonyl (C=O) groups is 3. The lowest BCUT2D eigenvalue weighted by Crippen LogP contribution is -2.30. The van der Waals surface area contributed by atoms with Crippen LogP contribution in [0.2, 0.25) is 0 Å². The van der Waals surface area contributed by atoms with Gasteiger partial charge in [-0.3, -0.25) is 14.4 Å². The maximum atomic E-state index is 12.1. The van der Waals surface area contributed by atoms with E-state index in [1.807, 2.05) is 0 Å². The van der Waals surface area contributed by atoms with Gasteiger partial charge in [-0.25, -0.2) is 13.6 Å². The van der Waals surface area contributed by atoms with Gasteiger partial charge in [0.05, 0.1) is 11.3 Å². The number of benzene rings is 2. The summed E-state index contributed by atoms with van der Waals surface area (Å²) in [6.07, 6.45) is -1.34. The Morgan fingerprint density at radius 1 is 1.00 bits per heavy atom. The van der Waals surface area contributed by atoms with Gasteiger partial charge in [0.15, 0.2) is 11.9 Å². The van der Waals surface area contributed by atoms with Crippen LogP contribution in [0.4, 0.5) is 11.4 Å². The Kier molecular flexibility index (Phi) is 7.08. The molecule has 2 aromatic rings. The third-order valence-corrected chi connectivity index (χ3v) is 4.85. The lowest BCUT2D eigenvalue weighted by Gasteiger charge is -2.13. The number of sulfonamides is 1. The van der Waals surface area contributed by atoms with Crippen molar-refractivity contribution in [2.45, 2.75) is 30.8 Å². The standard InChI is InChI=1S/C19H21N3O6S/c1-12(19(25)22-15-6-8-16(9-7-15)29(21,26)27)28-18(24)11-10-17(23)13-2-4-14(20)5-3-13/h2-9,12H,10-11,20H2,1H3,(H,22,25)(H2,21,26,27). The smallest absolute Gasteiger partial charge is 0.307 e. The summed E-state index contributed by atoms with van der Waals surface area (Å²) < 4.78 is 27.5. The number of Topliss-reactive ketones (excluding diaryl/α,β-unsaturated/α-hetero) is 1. The molecular weight excluding hydrogens is 398 g/mol. The SMILES string of the molecule is CC(OC(=O)CCC(=O)c1ccc(N)cc1)C(=O)Nc1ccc(S(N)(=O)=O)cc1. The number of hydrogen-bond acceptors (Lipinski definition) is 7. The molecule has 0 bridgehead atoms. The zero-order valence-corrected chi connectivity index (χ0v) is 16.4. The summed E-state index contributed by atoms with van der Waals surface area (Å²) in [7, 11) is -3.83. The van der Waals surface area contributed by atoms with Gasteiger partial charge >= 0.3 is 5.97 Å². The van der Waals surface area contributed by atoms with Crippen molar-refractivity contribution < 1.29 is 27.5 Å². The van der Waals surface area contributed by atoms with Crippen LogP contribution in [0.15, 0.2) is 53.4 Å². The van der Waals surface area contributed by atoms with E-state index < -0.39 is 28.0 Å². The Bertz CT molecular complexity index is 1000. The fourth-order valence-electron chi connectivity index (χ4n) is 2.31. The minimum atomic E-state index is -3.83. The van der Waals surface area contributed by atoms with Crippen LogP contribution in [0.1, 0.15) is 30.1 Å². The molecule has 0 saturated heterocycles. The van der Waals surface area contributed by atoms with Gasteiger partial charge < -0.3 is 15.8 Å². The molecule has 154 valence electrons. The van der Waals surface area contributed by atoms with Gasteiger partial charge in [-0.05, 0) is 55.5 Å². The molecule has 29 heavy (non-hydrogen) atoms. The summed E-state index contributed by atoms with van der Waals surface area (Å²) in [6, 6.07) is 11.5. The first kappa shape index (κ1) is 22.1. The van der Waals surface area contributed by atoms with Crippen LogP contribution < -0.4 is 16.2 Å². The summed E-state index contributed by atoms with van der Waals surface area (Å²) in [5.74, 6) is -1.54. The minimum Gasteiger partial charge on any atom is -0.453 e. The van der Waals surface area contributed by atoms with Gasteiger partial charge in [0, 0.05) is 23.4 Å². The lowest BCUT2D eigenvalue weighted by atomic mass is 10.1. The van der Waals surface area contributed by atoms with Crippen LogP contribution in [0.3, 0.4) is 0 Å². The van der Waals surface area contributed by atoms with E-state index in [0.717, 1.165) is 0 Å². The Labute approximate surface area is 168 Å². The number of nitrogens with two attached hydrogens (primary N) is 2. The van der Waals surface area contributed by atoms with E-state index in [4.69, 9.17) is 15.6 Å². The number of primary sulfonamides is 1. The average Bonchev–Trinajstić information content (AvgIpc) is 2.66. The zero-order chi connectivity index (χ0) is 21.6. The molecule has 2 aromatic carbocycles. The predicted molar refractivity (Wildman–Crippen MR) is 106 cm³/mol. The monoisotopic (exact) mass is 419 g/mol. The highest BCUT2D eigenvalue weighted by Gasteiger charge is 2.19.